The van der Waals surface area contributed by atoms with E-state index in [0.29, 0.717) is 31.1 Å². The summed E-state index contributed by atoms with van der Waals surface area (Å²) in [7, 11) is 1.64. The molecule has 0 aliphatic rings. The molecule has 0 saturated heterocycles. The van der Waals surface area contributed by atoms with Crippen molar-refractivity contribution in [2.24, 2.45) is 4.99 Å². The molecule has 1 aromatic carbocycles. The normalized spacial score (nSPS) is 12.5. The maximum absolute atomic E-state index is 13.5. The number of halogens is 3. The molecule has 0 bridgehead atoms. The number of guanidine groups is 1. The van der Waals surface area contributed by atoms with Crippen LogP contribution in [0.4, 0.5) is 8.78 Å². The minimum absolute atomic E-state index is 0. The summed E-state index contributed by atoms with van der Waals surface area (Å²) in [6.45, 7) is 5.67. The number of nitrogens with zero attached hydrogens (tertiary/aromatic N) is 1. The minimum atomic E-state index is -0.567. The SMILES string of the molecule is CCNC(=NCCc1ccc(F)cc1F)NC(C)COC.I. The maximum atomic E-state index is 13.5. The van der Waals surface area contributed by atoms with Crippen LogP contribution in [0.5, 0.6) is 0 Å². The fraction of sp³-hybridized carbons (Fsp3) is 0.533. The predicted octanol–water partition coefficient (Wildman–Crippen LogP) is 2.72. The first-order chi connectivity index (χ1) is 10.1. The van der Waals surface area contributed by atoms with E-state index >= 15 is 0 Å². The fourth-order valence-corrected chi connectivity index (χ4v) is 1.86. The predicted molar refractivity (Wildman–Crippen MR) is 95.9 cm³/mol. The summed E-state index contributed by atoms with van der Waals surface area (Å²) >= 11 is 0. The average molecular weight is 427 g/mol. The van der Waals surface area contributed by atoms with Crippen molar-refractivity contribution >= 4 is 29.9 Å². The molecule has 0 aliphatic carbocycles. The number of ether oxygens (including phenoxy) is 1. The topological polar surface area (TPSA) is 45.7 Å². The Bertz CT molecular complexity index is 472. The van der Waals surface area contributed by atoms with Crippen LogP contribution in [0.3, 0.4) is 0 Å². The van der Waals surface area contributed by atoms with Gasteiger partial charge in [-0.05, 0) is 31.9 Å². The minimum Gasteiger partial charge on any atom is -0.383 e. The number of rotatable bonds is 7. The van der Waals surface area contributed by atoms with Gasteiger partial charge in [-0.3, -0.25) is 4.99 Å². The molecule has 0 saturated carbocycles. The van der Waals surface area contributed by atoms with Crippen LogP contribution in [0, 0.1) is 11.6 Å². The first-order valence-electron chi connectivity index (χ1n) is 7.04. The Hall–Kier alpha value is -0.960. The smallest absolute Gasteiger partial charge is 0.191 e. The van der Waals surface area contributed by atoms with Gasteiger partial charge in [0.05, 0.1) is 6.61 Å². The van der Waals surface area contributed by atoms with Gasteiger partial charge in [-0.25, -0.2) is 8.78 Å². The second kappa shape index (κ2) is 11.6. The summed E-state index contributed by atoms with van der Waals surface area (Å²) in [6.07, 6.45) is 0.418. The Labute approximate surface area is 147 Å². The van der Waals surface area contributed by atoms with E-state index in [1.54, 1.807) is 7.11 Å². The van der Waals surface area contributed by atoms with Crippen molar-refractivity contribution in [3.05, 3.63) is 35.4 Å². The van der Waals surface area contributed by atoms with Crippen LogP contribution >= 0.6 is 24.0 Å². The summed E-state index contributed by atoms with van der Waals surface area (Å²) in [4.78, 5) is 4.37. The van der Waals surface area contributed by atoms with Crippen molar-refractivity contribution in [3.63, 3.8) is 0 Å². The molecule has 126 valence electrons. The van der Waals surface area contributed by atoms with Crippen LogP contribution in [0.1, 0.15) is 19.4 Å². The molecule has 1 rings (SSSR count). The summed E-state index contributed by atoms with van der Waals surface area (Å²) < 4.78 is 31.4. The Morgan fingerprint density at radius 2 is 2.09 bits per heavy atom. The van der Waals surface area contributed by atoms with Gasteiger partial charge in [0.1, 0.15) is 11.6 Å². The molecule has 1 aromatic rings. The Morgan fingerprint density at radius 1 is 1.36 bits per heavy atom. The average Bonchev–Trinajstić information content (AvgIpc) is 2.41. The van der Waals surface area contributed by atoms with E-state index < -0.39 is 11.6 Å². The van der Waals surface area contributed by atoms with E-state index in [-0.39, 0.29) is 30.0 Å². The van der Waals surface area contributed by atoms with Gasteiger partial charge >= 0.3 is 0 Å². The third-order valence-electron chi connectivity index (χ3n) is 2.81. The fourth-order valence-electron chi connectivity index (χ4n) is 1.86. The third-order valence-corrected chi connectivity index (χ3v) is 2.81. The van der Waals surface area contributed by atoms with Crippen molar-refractivity contribution < 1.29 is 13.5 Å². The van der Waals surface area contributed by atoms with Gasteiger partial charge in [0.25, 0.3) is 0 Å². The number of aliphatic imine (C=N–C) groups is 1. The van der Waals surface area contributed by atoms with Crippen LogP contribution in [0.15, 0.2) is 23.2 Å². The summed E-state index contributed by atoms with van der Waals surface area (Å²) in [5.41, 5.74) is 0.459. The lowest BCUT2D eigenvalue weighted by Crippen LogP contribution is -2.44. The van der Waals surface area contributed by atoms with E-state index in [9.17, 15) is 8.78 Å². The molecule has 1 unspecified atom stereocenters. The third kappa shape index (κ3) is 7.88. The molecule has 22 heavy (non-hydrogen) atoms. The van der Waals surface area contributed by atoms with Gasteiger partial charge in [-0.1, -0.05) is 6.07 Å². The van der Waals surface area contributed by atoms with Crippen LogP contribution < -0.4 is 10.6 Å². The van der Waals surface area contributed by atoms with Crippen LogP contribution in [0.2, 0.25) is 0 Å². The highest BCUT2D eigenvalue weighted by molar-refractivity contribution is 14.0. The molecule has 0 heterocycles. The molecule has 0 aliphatic heterocycles. The van der Waals surface area contributed by atoms with Crippen molar-refractivity contribution in [2.75, 3.05) is 26.8 Å². The summed E-state index contributed by atoms with van der Waals surface area (Å²) in [5, 5.41) is 6.30. The van der Waals surface area contributed by atoms with Gasteiger partial charge in [0.2, 0.25) is 0 Å². The largest absolute Gasteiger partial charge is 0.383 e. The Balaban J connectivity index is 0.00000441. The highest BCUT2D eigenvalue weighted by Crippen LogP contribution is 2.10. The van der Waals surface area contributed by atoms with Crippen LogP contribution in [-0.4, -0.2) is 38.8 Å². The molecular formula is C15H24F2IN3O. The number of hydrogen-bond acceptors (Lipinski definition) is 2. The van der Waals surface area contributed by atoms with Crippen LogP contribution in [-0.2, 0) is 11.2 Å². The zero-order chi connectivity index (χ0) is 15.7. The van der Waals surface area contributed by atoms with Crippen molar-refractivity contribution in [1.29, 1.82) is 0 Å². The second-order valence-electron chi connectivity index (χ2n) is 4.75. The molecular weight excluding hydrogens is 403 g/mol. The van der Waals surface area contributed by atoms with Gasteiger partial charge in [-0.15, -0.1) is 24.0 Å². The standard InChI is InChI=1S/C15H23F2N3O.HI/c1-4-18-15(20-11(2)10-21-3)19-8-7-12-5-6-13(16)9-14(12)17;/h5-6,9,11H,4,7-8,10H2,1-3H3,(H2,18,19,20);1H. The lowest BCUT2D eigenvalue weighted by Gasteiger charge is -2.17. The molecule has 0 radical (unpaired) electrons. The van der Waals surface area contributed by atoms with Crippen LogP contribution in [0.25, 0.3) is 0 Å². The quantitative estimate of drug-likeness (QED) is 0.400. The van der Waals surface area contributed by atoms with Gasteiger partial charge in [-0.2, -0.15) is 0 Å². The van der Waals surface area contributed by atoms with Crippen molar-refractivity contribution in [2.45, 2.75) is 26.3 Å². The van der Waals surface area contributed by atoms with Crippen molar-refractivity contribution in [3.8, 4) is 0 Å². The molecule has 0 aromatic heterocycles. The van der Waals surface area contributed by atoms with E-state index in [0.717, 1.165) is 12.6 Å². The number of benzene rings is 1. The number of hydrogen-bond donors (Lipinski definition) is 2. The molecule has 7 heteroatoms. The van der Waals surface area contributed by atoms with Crippen molar-refractivity contribution in [1.82, 2.24) is 10.6 Å². The first-order valence-corrected chi connectivity index (χ1v) is 7.04. The lowest BCUT2D eigenvalue weighted by atomic mass is 10.1. The van der Waals surface area contributed by atoms with E-state index in [4.69, 9.17) is 4.74 Å². The van der Waals surface area contributed by atoms with Gasteiger partial charge < -0.3 is 15.4 Å². The molecule has 0 fully saturated rings. The van der Waals surface area contributed by atoms with Gasteiger partial charge in [0.15, 0.2) is 5.96 Å². The monoisotopic (exact) mass is 427 g/mol. The highest BCUT2D eigenvalue weighted by Gasteiger charge is 2.06. The molecule has 1 atom stereocenters. The second-order valence-corrected chi connectivity index (χ2v) is 4.75. The molecule has 0 spiro atoms. The maximum Gasteiger partial charge on any atom is 0.191 e. The Morgan fingerprint density at radius 3 is 2.68 bits per heavy atom. The number of nitrogens with one attached hydrogen (secondary N) is 2. The zero-order valence-corrected chi connectivity index (χ0v) is 15.5. The lowest BCUT2D eigenvalue weighted by molar-refractivity contribution is 0.179. The summed E-state index contributed by atoms with van der Waals surface area (Å²) in [6, 6.07) is 3.72. The Kier molecular flexibility index (Phi) is 11.1. The highest BCUT2D eigenvalue weighted by atomic mass is 127. The van der Waals surface area contributed by atoms with E-state index in [2.05, 4.69) is 15.6 Å². The van der Waals surface area contributed by atoms with Gasteiger partial charge in [0, 0.05) is 32.3 Å². The van der Waals surface area contributed by atoms with E-state index in [1.807, 2.05) is 13.8 Å². The number of methoxy groups -OCH3 is 1. The molecule has 0 amide bonds. The summed E-state index contributed by atoms with van der Waals surface area (Å²) in [5.74, 6) is -0.441. The molecule has 4 nitrogen and oxygen atoms in total. The first kappa shape index (κ1) is 21.0. The zero-order valence-electron chi connectivity index (χ0n) is 13.2. The van der Waals surface area contributed by atoms with E-state index in [1.165, 1.54) is 12.1 Å². The molecule has 2 N–H and O–H groups in total.